The molecule has 2 rings (SSSR count). The van der Waals surface area contributed by atoms with Gasteiger partial charge in [0.2, 0.25) is 11.8 Å². The van der Waals surface area contributed by atoms with E-state index in [9.17, 15) is 4.39 Å². The predicted molar refractivity (Wildman–Crippen MR) is 56.8 cm³/mol. The fourth-order valence-electron chi connectivity index (χ4n) is 1.14. The minimum atomic E-state index is -0.344. The summed E-state index contributed by atoms with van der Waals surface area (Å²) in [7, 11) is 0. The minimum absolute atomic E-state index is 0.344. The molecule has 0 aliphatic heterocycles. The largest absolute Gasteiger partial charge is 0.421 e. The van der Waals surface area contributed by atoms with Crippen LogP contribution in [0.5, 0.6) is 0 Å². The molecule has 0 spiro atoms. The van der Waals surface area contributed by atoms with Gasteiger partial charge in [0, 0.05) is 12.0 Å². The number of rotatable bonds is 2. The number of nitrogens with zero attached hydrogens (tertiary/aromatic N) is 2. The van der Waals surface area contributed by atoms with Crippen molar-refractivity contribution in [2.45, 2.75) is 13.3 Å². The Balaban J connectivity index is 2.40. The molecule has 15 heavy (non-hydrogen) atoms. The highest BCUT2D eigenvalue weighted by atomic mass is 79.9. The Morgan fingerprint density at radius 3 is 2.80 bits per heavy atom. The van der Waals surface area contributed by atoms with E-state index >= 15 is 0 Å². The van der Waals surface area contributed by atoms with Crippen LogP contribution in [0.2, 0.25) is 0 Å². The van der Waals surface area contributed by atoms with Gasteiger partial charge in [0.1, 0.15) is 5.82 Å². The van der Waals surface area contributed by atoms with Crippen molar-refractivity contribution in [3.05, 3.63) is 34.4 Å². The summed E-state index contributed by atoms with van der Waals surface area (Å²) in [6.07, 6.45) is 0.673. The van der Waals surface area contributed by atoms with E-state index < -0.39 is 0 Å². The number of aryl methyl sites for hydroxylation is 1. The lowest BCUT2D eigenvalue weighted by atomic mass is 10.2. The van der Waals surface area contributed by atoms with E-state index in [0.29, 0.717) is 28.2 Å². The van der Waals surface area contributed by atoms with Crippen molar-refractivity contribution in [1.29, 1.82) is 0 Å². The molecule has 0 saturated heterocycles. The van der Waals surface area contributed by atoms with Crippen LogP contribution in [0, 0.1) is 5.82 Å². The first-order chi connectivity index (χ1) is 7.20. The zero-order chi connectivity index (χ0) is 10.8. The molecule has 0 amide bonds. The third-order valence-electron chi connectivity index (χ3n) is 1.94. The summed E-state index contributed by atoms with van der Waals surface area (Å²) >= 11 is 3.08. The van der Waals surface area contributed by atoms with Gasteiger partial charge in [0.05, 0.1) is 4.47 Å². The fraction of sp³-hybridized carbons (Fsp3) is 0.200. The van der Waals surface area contributed by atoms with Gasteiger partial charge in [-0.3, -0.25) is 0 Å². The van der Waals surface area contributed by atoms with Crippen molar-refractivity contribution in [1.82, 2.24) is 10.2 Å². The second-order valence-corrected chi connectivity index (χ2v) is 3.84. The van der Waals surface area contributed by atoms with E-state index in [-0.39, 0.29) is 5.82 Å². The predicted octanol–water partition coefficient (Wildman–Crippen LogP) is 3.20. The van der Waals surface area contributed by atoms with Crippen LogP contribution in [0.1, 0.15) is 12.8 Å². The van der Waals surface area contributed by atoms with Crippen LogP contribution in [0.25, 0.3) is 11.5 Å². The van der Waals surface area contributed by atoms with E-state index in [1.807, 2.05) is 6.92 Å². The Kier molecular flexibility index (Phi) is 2.81. The van der Waals surface area contributed by atoms with Crippen molar-refractivity contribution in [2.24, 2.45) is 0 Å². The van der Waals surface area contributed by atoms with E-state index in [1.165, 1.54) is 6.07 Å². The first-order valence-electron chi connectivity index (χ1n) is 4.48. The SMILES string of the molecule is CCc1nnc(-c2ccc(Br)c(F)c2)o1. The van der Waals surface area contributed by atoms with Crippen LogP contribution >= 0.6 is 15.9 Å². The van der Waals surface area contributed by atoms with Crippen molar-refractivity contribution in [3.8, 4) is 11.5 Å². The highest BCUT2D eigenvalue weighted by molar-refractivity contribution is 9.10. The second-order valence-electron chi connectivity index (χ2n) is 2.98. The van der Waals surface area contributed by atoms with Crippen LogP contribution in [0.15, 0.2) is 27.1 Å². The summed E-state index contributed by atoms with van der Waals surface area (Å²) in [4.78, 5) is 0. The molecule has 0 saturated carbocycles. The standard InChI is InChI=1S/C10H8BrFN2O/c1-2-9-13-14-10(15-9)6-3-4-7(11)8(12)5-6/h3-5H,2H2,1H3. The molecule has 0 bridgehead atoms. The fourth-order valence-corrected chi connectivity index (χ4v) is 1.39. The van der Waals surface area contributed by atoms with Gasteiger partial charge in [0.15, 0.2) is 0 Å². The average Bonchev–Trinajstić information content (AvgIpc) is 2.70. The van der Waals surface area contributed by atoms with Gasteiger partial charge in [-0.15, -0.1) is 10.2 Å². The van der Waals surface area contributed by atoms with Crippen LogP contribution in [0.4, 0.5) is 4.39 Å². The molecule has 0 unspecified atom stereocenters. The summed E-state index contributed by atoms with van der Waals surface area (Å²) in [6.45, 7) is 1.92. The number of aromatic nitrogens is 2. The normalized spacial score (nSPS) is 10.6. The molecule has 0 fully saturated rings. The monoisotopic (exact) mass is 270 g/mol. The molecule has 2 aromatic rings. The Hall–Kier alpha value is -1.23. The van der Waals surface area contributed by atoms with Crippen molar-refractivity contribution in [3.63, 3.8) is 0 Å². The zero-order valence-electron chi connectivity index (χ0n) is 8.00. The lowest BCUT2D eigenvalue weighted by Gasteiger charge is -1.96. The van der Waals surface area contributed by atoms with E-state index in [4.69, 9.17) is 4.42 Å². The molecule has 1 heterocycles. The van der Waals surface area contributed by atoms with Gasteiger partial charge >= 0.3 is 0 Å². The van der Waals surface area contributed by atoms with Gasteiger partial charge in [-0.2, -0.15) is 0 Å². The Morgan fingerprint density at radius 2 is 2.20 bits per heavy atom. The van der Waals surface area contributed by atoms with Gasteiger partial charge in [-0.1, -0.05) is 6.92 Å². The molecule has 1 aromatic heterocycles. The Bertz CT molecular complexity index is 484. The zero-order valence-corrected chi connectivity index (χ0v) is 9.58. The molecule has 0 atom stereocenters. The van der Waals surface area contributed by atoms with Crippen molar-refractivity contribution >= 4 is 15.9 Å². The average molecular weight is 271 g/mol. The van der Waals surface area contributed by atoms with Crippen LogP contribution < -0.4 is 0 Å². The molecule has 0 N–H and O–H groups in total. The van der Waals surface area contributed by atoms with E-state index in [2.05, 4.69) is 26.1 Å². The summed E-state index contributed by atoms with van der Waals surface area (Å²) in [6, 6.07) is 4.69. The van der Waals surface area contributed by atoms with Crippen LogP contribution in [-0.4, -0.2) is 10.2 Å². The molecule has 3 nitrogen and oxygen atoms in total. The van der Waals surface area contributed by atoms with Gasteiger partial charge in [-0.05, 0) is 34.1 Å². The summed E-state index contributed by atoms with van der Waals surface area (Å²) in [5.74, 6) is 0.551. The maximum Gasteiger partial charge on any atom is 0.247 e. The molecule has 5 heteroatoms. The molecule has 0 aliphatic rings. The third-order valence-corrected chi connectivity index (χ3v) is 2.58. The quantitative estimate of drug-likeness (QED) is 0.841. The highest BCUT2D eigenvalue weighted by Gasteiger charge is 2.09. The molecule has 78 valence electrons. The topological polar surface area (TPSA) is 38.9 Å². The number of benzene rings is 1. The van der Waals surface area contributed by atoms with E-state index in [0.717, 1.165) is 0 Å². The van der Waals surface area contributed by atoms with Crippen molar-refractivity contribution < 1.29 is 8.81 Å². The second kappa shape index (κ2) is 4.10. The molecular formula is C10H8BrFN2O. The van der Waals surface area contributed by atoms with Crippen LogP contribution in [-0.2, 0) is 6.42 Å². The smallest absolute Gasteiger partial charge is 0.247 e. The maximum atomic E-state index is 13.2. The first-order valence-corrected chi connectivity index (χ1v) is 5.28. The molecule has 0 aliphatic carbocycles. The third kappa shape index (κ3) is 2.07. The maximum absolute atomic E-state index is 13.2. The minimum Gasteiger partial charge on any atom is -0.421 e. The number of halogens is 2. The summed E-state index contributed by atoms with van der Waals surface area (Å²) in [5.41, 5.74) is 0.586. The molecular weight excluding hydrogens is 263 g/mol. The van der Waals surface area contributed by atoms with Crippen molar-refractivity contribution in [2.75, 3.05) is 0 Å². The number of hydrogen-bond acceptors (Lipinski definition) is 3. The highest BCUT2D eigenvalue weighted by Crippen LogP contribution is 2.23. The van der Waals surface area contributed by atoms with Gasteiger partial charge in [0.25, 0.3) is 0 Å². The van der Waals surface area contributed by atoms with Crippen LogP contribution in [0.3, 0.4) is 0 Å². The number of hydrogen-bond donors (Lipinski definition) is 0. The molecule has 1 aromatic carbocycles. The first kappa shape index (κ1) is 10.3. The van der Waals surface area contributed by atoms with E-state index in [1.54, 1.807) is 12.1 Å². The van der Waals surface area contributed by atoms with Gasteiger partial charge in [-0.25, -0.2) is 4.39 Å². The van der Waals surface area contributed by atoms with Gasteiger partial charge < -0.3 is 4.42 Å². The lowest BCUT2D eigenvalue weighted by molar-refractivity contribution is 0.512. The summed E-state index contributed by atoms with van der Waals surface area (Å²) < 4.78 is 18.9. The lowest BCUT2D eigenvalue weighted by Crippen LogP contribution is -1.81. The Morgan fingerprint density at radius 1 is 1.40 bits per heavy atom. The molecule has 0 radical (unpaired) electrons. The Labute approximate surface area is 94.5 Å². The summed E-state index contributed by atoms with van der Waals surface area (Å²) in [5, 5.41) is 7.64.